The van der Waals surface area contributed by atoms with Crippen LogP contribution < -0.4 is 10.5 Å². The van der Waals surface area contributed by atoms with Gasteiger partial charge in [-0.1, -0.05) is 41.6 Å². The van der Waals surface area contributed by atoms with Gasteiger partial charge in [-0.2, -0.15) is 23.4 Å². The third kappa shape index (κ3) is 5.50. The Labute approximate surface area is 229 Å². The van der Waals surface area contributed by atoms with Gasteiger partial charge in [0.05, 0.1) is 17.0 Å². The zero-order chi connectivity index (χ0) is 28.5. The Morgan fingerprint density at radius 2 is 1.80 bits per heavy atom. The molecule has 0 atom stereocenters. The van der Waals surface area contributed by atoms with E-state index in [1.54, 1.807) is 6.07 Å². The van der Waals surface area contributed by atoms with Gasteiger partial charge >= 0.3 is 6.18 Å². The molecule has 0 radical (unpaired) electrons. The van der Waals surface area contributed by atoms with Crippen molar-refractivity contribution in [2.75, 3.05) is 18.0 Å². The van der Waals surface area contributed by atoms with Gasteiger partial charge in [0.2, 0.25) is 5.82 Å². The zero-order valence-electron chi connectivity index (χ0n) is 22.1. The lowest BCUT2D eigenvalue weighted by atomic mass is 9.83. The number of nitrogens with one attached hydrogen (secondary N) is 1. The summed E-state index contributed by atoms with van der Waals surface area (Å²) >= 11 is 0. The number of halogens is 3. The second-order valence-electron chi connectivity index (χ2n) is 10.6. The molecule has 4 aromatic rings. The molecular formula is C30H28F3N5O2. The number of anilines is 1. The first-order valence-electron chi connectivity index (χ1n) is 13.0. The summed E-state index contributed by atoms with van der Waals surface area (Å²) < 4.78 is 45.6. The van der Waals surface area contributed by atoms with Gasteiger partial charge < -0.3 is 14.4 Å². The largest absolute Gasteiger partial charge is 0.397 e. The summed E-state index contributed by atoms with van der Waals surface area (Å²) in [4.78, 5) is 22.0. The van der Waals surface area contributed by atoms with Gasteiger partial charge in [-0.25, -0.2) is 0 Å². The summed E-state index contributed by atoms with van der Waals surface area (Å²) in [5.41, 5.74) is 1.50. The number of pyridine rings is 1. The normalized spacial score (nSPS) is 14.8. The average molecular weight is 548 g/mol. The lowest BCUT2D eigenvalue weighted by molar-refractivity contribution is -0.180. The van der Waals surface area contributed by atoms with E-state index < -0.39 is 11.6 Å². The molecule has 40 heavy (non-hydrogen) atoms. The first-order valence-corrected chi connectivity index (χ1v) is 13.0. The second-order valence-corrected chi connectivity index (χ2v) is 10.6. The van der Waals surface area contributed by atoms with Gasteiger partial charge in [0, 0.05) is 48.4 Å². The molecule has 206 valence electrons. The lowest BCUT2D eigenvalue weighted by Gasteiger charge is -2.31. The van der Waals surface area contributed by atoms with Crippen LogP contribution in [0.4, 0.5) is 18.9 Å². The number of rotatable bonds is 6. The van der Waals surface area contributed by atoms with Crippen LogP contribution in [-0.4, -0.2) is 34.4 Å². The Morgan fingerprint density at radius 3 is 2.48 bits per heavy atom. The van der Waals surface area contributed by atoms with E-state index in [0.29, 0.717) is 23.1 Å². The number of aromatic amines is 1. The second kappa shape index (κ2) is 10.6. The van der Waals surface area contributed by atoms with E-state index in [1.807, 2.05) is 18.2 Å². The molecule has 0 saturated carbocycles. The number of hydrogen-bond donors (Lipinski definition) is 1. The lowest BCUT2D eigenvalue weighted by Crippen LogP contribution is -2.36. The van der Waals surface area contributed by atoms with E-state index in [9.17, 15) is 18.0 Å². The number of nitrogens with zero attached hydrogens (tertiary/aromatic N) is 4. The summed E-state index contributed by atoms with van der Waals surface area (Å²) in [6.45, 7) is 3.91. The standard InChI is InChI=1S/C30H28F3N5O2/c1-29(2,30(31,32)33)24-8-6-21(7-9-24)26-36-28(40-37-26)23-16-22(27(39)35-18-23)14-20-4-3-5-25(15-20)38-12-10-19(17-34)11-13-38/h3-9,15-16,18-19H,10-14H2,1-2H3,(H,35,39). The summed E-state index contributed by atoms with van der Waals surface area (Å²) in [5, 5.41) is 13.1. The molecule has 10 heteroatoms. The van der Waals surface area contributed by atoms with Gasteiger partial charge in [0.15, 0.2) is 0 Å². The topological polar surface area (TPSA) is 98.8 Å². The Bertz CT molecular complexity index is 1590. The molecule has 3 heterocycles. The minimum Gasteiger partial charge on any atom is -0.371 e. The summed E-state index contributed by atoms with van der Waals surface area (Å²) in [6, 6.07) is 18.0. The van der Waals surface area contributed by atoms with Crippen molar-refractivity contribution >= 4 is 5.69 Å². The predicted molar refractivity (Wildman–Crippen MR) is 145 cm³/mol. The minimum atomic E-state index is -4.38. The van der Waals surface area contributed by atoms with Crippen molar-refractivity contribution in [3.63, 3.8) is 0 Å². The van der Waals surface area contributed by atoms with Crippen LogP contribution >= 0.6 is 0 Å². The van der Waals surface area contributed by atoms with Gasteiger partial charge in [-0.15, -0.1) is 0 Å². The fraction of sp³-hybridized carbons (Fsp3) is 0.333. The first-order chi connectivity index (χ1) is 19.0. The molecule has 1 aliphatic heterocycles. The fourth-order valence-corrected chi connectivity index (χ4v) is 4.79. The highest BCUT2D eigenvalue weighted by molar-refractivity contribution is 5.60. The third-order valence-electron chi connectivity index (χ3n) is 7.57. The van der Waals surface area contributed by atoms with Crippen molar-refractivity contribution in [1.29, 1.82) is 5.26 Å². The summed E-state index contributed by atoms with van der Waals surface area (Å²) in [7, 11) is 0. The fourth-order valence-electron chi connectivity index (χ4n) is 4.79. The Balaban J connectivity index is 1.33. The summed E-state index contributed by atoms with van der Waals surface area (Å²) in [5.74, 6) is 0.514. The number of piperidine rings is 1. The van der Waals surface area contributed by atoms with Crippen LogP contribution in [0.15, 0.2) is 70.1 Å². The number of alkyl halides is 3. The highest BCUT2D eigenvalue weighted by Gasteiger charge is 2.48. The van der Waals surface area contributed by atoms with E-state index in [4.69, 9.17) is 9.78 Å². The average Bonchev–Trinajstić information content (AvgIpc) is 3.44. The van der Waals surface area contributed by atoms with Gasteiger partial charge in [0.1, 0.15) is 0 Å². The van der Waals surface area contributed by atoms with Gasteiger partial charge in [0.25, 0.3) is 11.4 Å². The van der Waals surface area contributed by atoms with Crippen LogP contribution in [0.1, 0.15) is 43.4 Å². The number of benzene rings is 2. The van der Waals surface area contributed by atoms with Crippen LogP contribution in [0.3, 0.4) is 0 Å². The highest BCUT2D eigenvalue weighted by atomic mass is 19.4. The molecule has 5 rings (SSSR count). The molecule has 1 aliphatic rings. The number of nitriles is 1. The molecule has 1 fully saturated rings. The monoisotopic (exact) mass is 547 g/mol. The molecule has 2 aromatic heterocycles. The van der Waals surface area contributed by atoms with Crippen LogP contribution in [0, 0.1) is 17.2 Å². The van der Waals surface area contributed by atoms with Crippen molar-refractivity contribution < 1.29 is 17.7 Å². The van der Waals surface area contributed by atoms with E-state index >= 15 is 0 Å². The quantitative estimate of drug-likeness (QED) is 0.306. The molecular weight excluding hydrogens is 519 g/mol. The van der Waals surface area contributed by atoms with E-state index in [1.165, 1.54) is 30.5 Å². The molecule has 0 unspecified atom stereocenters. The SMILES string of the molecule is CC(C)(c1ccc(-c2noc(-c3c[nH]c(=O)c(Cc4cccc(N5CCC(C#N)CC5)c4)c3)n2)cc1)C(F)(F)F. The Hall–Kier alpha value is -4.39. The Kier molecular flexibility index (Phi) is 7.23. The number of H-pyrrole nitrogens is 1. The molecule has 1 N–H and O–H groups in total. The van der Waals surface area contributed by atoms with E-state index in [0.717, 1.165) is 51.0 Å². The molecule has 0 spiro atoms. The van der Waals surface area contributed by atoms with Gasteiger partial charge in [-0.3, -0.25) is 4.79 Å². The highest BCUT2D eigenvalue weighted by Crippen LogP contribution is 2.40. The van der Waals surface area contributed by atoms with Crippen molar-refractivity contribution in [3.05, 3.63) is 87.8 Å². The predicted octanol–water partition coefficient (Wildman–Crippen LogP) is 6.26. The van der Waals surface area contributed by atoms with Crippen LogP contribution in [0.2, 0.25) is 0 Å². The number of aromatic nitrogens is 3. The maximum Gasteiger partial charge on any atom is 0.397 e. The molecule has 0 amide bonds. The van der Waals surface area contributed by atoms with Crippen LogP contribution in [0.25, 0.3) is 22.8 Å². The first kappa shape index (κ1) is 27.2. The molecule has 1 saturated heterocycles. The molecule has 2 aromatic carbocycles. The maximum atomic E-state index is 13.4. The molecule has 0 bridgehead atoms. The smallest absolute Gasteiger partial charge is 0.371 e. The van der Waals surface area contributed by atoms with Gasteiger partial charge in [-0.05, 0) is 56.0 Å². The van der Waals surface area contributed by atoms with Crippen LogP contribution in [0.5, 0.6) is 0 Å². The van der Waals surface area contributed by atoms with Crippen LogP contribution in [-0.2, 0) is 11.8 Å². The molecule has 0 aliphatic carbocycles. The van der Waals surface area contributed by atoms with Crippen molar-refractivity contribution in [2.45, 2.75) is 44.7 Å². The van der Waals surface area contributed by atoms with Crippen molar-refractivity contribution in [1.82, 2.24) is 15.1 Å². The van der Waals surface area contributed by atoms with E-state index in [-0.39, 0.29) is 28.8 Å². The summed E-state index contributed by atoms with van der Waals surface area (Å²) in [6.07, 6.45) is -0.822. The minimum absolute atomic E-state index is 0.104. The van der Waals surface area contributed by atoms with Crippen molar-refractivity contribution in [3.8, 4) is 28.9 Å². The maximum absolute atomic E-state index is 13.4. The molecule has 7 nitrogen and oxygen atoms in total. The zero-order valence-corrected chi connectivity index (χ0v) is 22.1. The number of hydrogen-bond acceptors (Lipinski definition) is 6. The Morgan fingerprint density at radius 1 is 1.07 bits per heavy atom. The van der Waals surface area contributed by atoms with E-state index in [2.05, 4.69) is 32.2 Å². The third-order valence-corrected chi connectivity index (χ3v) is 7.57. The van der Waals surface area contributed by atoms with Crippen molar-refractivity contribution in [2.24, 2.45) is 5.92 Å².